The number of imidazole rings is 1. The largest absolute Gasteiger partial charge is 0.378 e. The van der Waals surface area contributed by atoms with Gasteiger partial charge in [-0.05, 0) is 42.0 Å². The number of nitrogens with zero attached hydrogens (tertiary/aromatic N) is 4. The molecule has 27 heavy (non-hydrogen) atoms. The highest BCUT2D eigenvalue weighted by atomic mass is 15.3. The van der Waals surface area contributed by atoms with E-state index in [9.17, 15) is 0 Å². The molecular formula is C23H22N4. The van der Waals surface area contributed by atoms with Crippen LogP contribution in [0.3, 0.4) is 0 Å². The highest BCUT2D eigenvalue weighted by Crippen LogP contribution is 2.43. The second-order valence-electron chi connectivity index (χ2n) is 7.28. The first kappa shape index (κ1) is 15.9. The van der Waals surface area contributed by atoms with Gasteiger partial charge in [0.05, 0.1) is 11.0 Å². The molecule has 2 heterocycles. The molecule has 0 saturated carbocycles. The van der Waals surface area contributed by atoms with Crippen molar-refractivity contribution in [1.29, 1.82) is 0 Å². The fraction of sp³-hybridized carbons (Fsp3) is 0.174. The first-order valence-corrected chi connectivity index (χ1v) is 9.21. The fourth-order valence-corrected chi connectivity index (χ4v) is 4.07. The van der Waals surface area contributed by atoms with Gasteiger partial charge < -0.3 is 9.80 Å². The lowest BCUT2D eigenvalue weighted by atomic mass is 10.0. The Morgan fingerprint density at radius 3 is 2.33 bits per heavy atom. The molecule has 1 atom stereocenters. The minimum Gasteiger partial charge on any atom is -0.378 e. The Balaban J connectivity index is 1.77. The Kier molecular flexibility index (Phi) is 3.47. The van der Waals surface area contributed by atoms with Gasteiger partial charge in [-0.3, -0.25) is 4.57 Å². The van der Waals surface area contributed by atoms with Gasteiger partial charge in [0.25, 0.3) is 0 Å². The van der Waals surface area contributed by atoms with Crippen LogP contribution in [0.5, 0.6) is 0 Å². The maximum absolute atomic E-state index is 4.98. The van der Waals surface area contributed by atoms with Gasteiger partial charge >= 0.3 is 0 Å². The van der Waals surface area contributed by atoms with Crippen LogP contribution in [-0.2, 0) is 0 Å². The SMILES string of the molecule is CN(C)c1ccc(C2N(C)c3ccccc3-c3nc4ccccc4n32)cc1. The molecule has 3 aromatic carbocycles. The number of hydrogen-bond donors (Lipinski definition) is 0. The zero-order chi connectivity index (χ0) is 18.5. The summed E-state index contributed by atoms with van der Waals surface area (Å²) in [6.45, 7) is 0. The van der Waals surface area contributed by atoms with Crippen LogP contribution in [0.2, 0.25) is 0 Å². The van der Waals surface area contributed by atoms with E-state index in [4.69, 9.17) is 4.98 Å². The van der Waals surface area contributed by atoms with Crippen molar-refractivity contribution >= 4 is 22.4 Å². The van der Waals surface area contributed by atoms with Crippen LogP contribution >= 0.6 is 0 Å². The molecule has 4 aromatic rings. The average molecular weight is 354 g/mol. The topological polar surface area (TPSA) is 24.3 Å². The van der Waals surface area contributed by atoms with Crippen LogP contribution in [0.25, 0.3) is 22.4 Å². The number of fused-ring (bicyclic) bond motifs is 5. The molecule has 1 unspecified atom stereocenters. The number of benzene rings is 3. The molecule has 1 aliphatic heterocycles. The Hall–Kier alpha value is -3.27. The Labute approximate surface area is 159 Å². The molecule has 5 rings (SSSR count). The van der Waals surface area contributed by atoms with Crippen molar-refractivity contribution < 1.29 is 0 Å². The second-order valence-corrected chi connectivity index (χ2v) is 7.28. The molecule has 0 saturated heterocycles. The van der Waals surface area contributed by atoms with E-state index >= 15 is 0 Å². The number of rotatable bonds is 2. The molecular weight excluding hydrogens is 332 g/mol. The average Bonchev–Trinajstić information content (AvgIpc) is 3.08. The summed E-state index contributed by atoms with van der Waals surface area (Å²) in [5.74, 6) is 1.03. The second kappa shape index (κ2) is 5.88. The number of anilines is 2. The van der Waals surface area contributed by atoms with Crippen LogP contribution in [-0.4, -0.2) is 30.7 Å². The molecule has 0 aliphatic carbocycles. The maximum atomic E-state index is 4.98. The van der Waals surface area contributed by atoms with Gasteiger partial charge in [-0.15, -0.1) is 0 Å². The number of hydrogen-bond acceptors (Lipinski definition) is 3. The summed E-state index contributed by atoms with van der Waals surface area (Å²) in [7, 11) is 6.31. The van der Waals surface area contributed by atoms with E-state index in [1.54, 1.807) is 0 Å². The van der Waals surface area contributed by atoms with Crippen LogP contribution in [0, 0.1) is 0 Å². The molecule has 0 fully saturated rings. The molecule has 1 aliphatic rings. The van der Waals surface area contributed by atoms with Crippen molar-refractivity contribution in [1.82, 2.24) is 9.55 Å². The predicted molar refractivity (Wildman–Crippen MR) is 112 cm³/mol. The fourth-order valence-electron chi connectivity index (χ4n) is 4.07. The third kappa shape index (κ3) is 2.33. The summed E-state index contributed by atoms with van der Waals surface area (Å²) in [6.07, 6.45) is 0.0681. The Morgan fingerprint density at radius 2 is 1.56 bits per heavy atom. The van der Waals surface area contributed by atoms with Crippen LogP contribution in [0.15, 0.2) is 72.8 Å². The molecule has 4 heteroatoms. The van der Waals surface area contributed by atoms with Crippen LogP contribution in [0.4, 0.5) is 11.4 Å². The lowest BCUT2D eigenvalue weighted by molar-refractivity contribution is 0.582. The third-order valence-corrected chi connectivity index (χ3v) is 5.44. The van der Waals surface area contributed by atoms with Crippen molar-refractivity contribution in [3.05, 3.63) is 78.4 Å². The summed E-state index contributed by atoms with van der Waals surface area (Å²) in [4.78, 5) is 9.45. The van der Waals surface area contributed by atoms with Gasteiger partial charge in [-0.2, -0.15) is 0 Å². The van der Waals surface area contributed by atoms with Crippen LogP contribution in [0.1, 0.15) is 11.7 Å². The monoisotopic (exact) mass is 354 g/mol. The summed E-state index contributed by atoms with van der Waals surface area (Å²) >= 11 is 0. The smallest absolute Gasteiger partial charge is 0.145 e. The van der Waals surface area contributed by atoms with E-state index in [2.05, 4.69) is 108 Å². The summed E-state index contributed by atoms with van der Waals surface area (Å²) < 4.78 is 2.36. The molecule has 0 bridgehead atoms. The van der Waals surface area contributed by atoms with Gasteiger partial charge in [0, 0.05) is 38.1 Å². The maximum Gasteiger partial charge on any atom is 0.145 e. The van der Waals surface area contributed by atoms with Crippen molar-refractivity contribution in [2.45, 2.75) is 6.17 Å². The number of para-hydroxylation sites is 3. The molecule has 0 spiro atoms. The van der Waals surface area contributed by atoms with E-state index in [0.29, 0.717) is 0 Å². The highest BCUT2D eigenvalue weighted by Gasteiger charge is 2.32. The predicted octanol–water partition coefficient (Wildman–Crippen LogP) is 4.77. The third-order valence-electron chi connectivity index (χ3n) is 5.44. The van der Waals surface area contributed by atoms with Crippen molar-refractivity contribution in [3.63, 3.8) is 0 Å². The minimum absolute atomic E-state index is 0.0681. The molecule has 0 N–H and O–H groups in total. The standard InChI is InChI=1S/C23H22N4/c1-25(2)17-14-12-16(13-15-17)23-26(3)20-10-6-4-8-18(20)22-24-19-9-5-7-11-21(19)27(22)23/h4-15,23H,1-3H3. The molecule has 134 valence electrons. The van der Waals surface area contributed by atoms with Crippen molar-refractivity contribution in [2.24, 2.45) is 0 Å². The normalized spacial score (nSPS) is 15.5. The minimum atomic E-state index is 0.0681. The Bertz CT molecular complexity index is 1120. The van der Waals surface area contributed by atoms with Gasteiger partial charge in [-0.1, -0.05) is 36.4 Å². The summed E-state index contributed by atoms with van der Waals surface area (Å²) in [6, 6.07) is 25.7. The molecule has 4 nitrogen and oxygen atoms in total. The summed E-state index contributed by atoms with van der Waals surface area (Å²) in [5.41, 5.74) is 7.04. The molecule has 0 amide bonds. The van der Waals surface area contributed by atoms with E-state index in [1.807, 2.05) is 0 Å². The van der Waals surface area contributed by atoms with Crippen LogP contribution < -0.4 is 9.80 Å². The van der Waals surface area contributed by atoms with E-state index in [-0.39, 0.29) is 6.17 Å². The Morgan fingerprint density at radius 1 is 0.852 bits per heavy atom. The molecule has 1 aromatic heterocycles. The lowest BCUT2D eigenvalue weighted by Crippen LogP contribution is -2.34. The van der Waals surface area contributed by atoms with E-state index < -0.39 is 0 Å². The van der Waals surface area contributed by atoms with Gasteiger partial charge in [0.15, 0.2) is 0 Å². The highest BCUT2D eigenvalue weighted by molar-refractivity contribution is 5.87. The quantitative estimate of drug-likeness (QED) is 0.518. The number of aromatic nitrogens is 2. The zero-order valence-corrected chi connectivity index (χ0v) is 15.8. The zero-order valence-electron chi connectivity index (χ0n) is 15.8. The van der Waals surface area contributed by atoms with Gasteiger partial charge in [0.2, 0.25) is 0 Å². The van der Waals surface area contributed by atoms with Gasteiger partial charge in [-0.25, -0.2) is 4.98 Å². The van der Waals surface area contributed by atoms with E-state index in [1.165, 1.54) is 22.5 Å². The van der Waals surface area contributed by atoms with Crippen molar-refractivity contribution in [2.75, 3.05) is 30.9 Å². The van der Waals surface area contributed by atoms with Gasteiger partial charge in [0.1, 0.15) is 12.0 Å². The first-order chi connectivity index (χ1) is 13.1. The lowest BCUT2D eigenvalue weighted by Gasteiger charge is -2.38. The van der Waals surface area contributed by atoms with Crippen molar-refractivity contribution in [3.8, 4) is 11.4 Å². The molecule has 0 radical (unpaired) electrons. The first-order valence-electron chi connectivity index (χ1n) is 9.21. The van der Waals surface area contributed by atoms with E-state index in [0.717, 1.165) is 16.9 Å². The summed E-state index contributed by atoms with van der Waals surface area (Å²) in [5, 5.41) is 0.